The quantitative estimate of drug-likeness (QED) is 0.538. The van der Waals surface area contributed by atoms with Crippen LogP contribution in [0.3, 0.4) is 0 Å². The maximum absolute atomic E-state index is 12.8. The molecule has 182 valence electrons. The maximum atomic E-state index is 12.8. The molecule has 1 saturated heterocycles. The van der Waals surface area contributed by atoms with Gasteiger partial charge in [-0.3, -0.25) is 9.69 Å². The minimum absolute atomic E-state index is 0.0895. The molecule has 0 radical (unpaired) electrons. The predicted molar refractivity (Wildman–Crippen MR) is 139 cm³/mol. The molecule has 3 aromatic carbocycles. The summed E-state index contributed by atoms with van der Waals surface area (Å²) in [6, 6.07) is 31.0. The fourth-order valence-electron chi connectivity index (χ4n) is 4.61. The van der Waals surface area contributed by atoms with Gasteiger partial charge in [0.05, 0.1) is 6.04 Å². The molecule has 0 aliphatic carbocycles. The molecule has 0 unspecified atom stereocenters. The number of amides is 3. The topological polar surface area (TPSA) is 55.9 Å². The summed E-state index contributed by atoms with van der Waals surface area (Å²) in [5.74, 6) is 0.0895. The number of nitrogens with one attached hydrogen (secondary N) is 1. The van der Waals surface area contributed by atoms with Gasteiger partial charge in [-0.1, -0.05) is 91.0 Å². The second-order valence-electron chi connectivity index (χ2n) is 8.96. The van der Waals surface area contributed by atoms with Crippen LogP contribution in [-0.4, -0.2) is 66.4 Å². The van der Waals surface area contributed by atoms with E-state index in [1.165, 1.54) is 11.1 Å². The average molecular weight is 471 g/mol. The van der Waals surface area contributed by atoms with Gasteiger partial charge in [0, 0.05) is 52.7 Å². The van der Waals surface area contributed by atoms with Crippen LogP contribution < -0.4 is 5.32 Å². The Balaban J connectivity index is 1.25. The van der Waals surface area contributed by atoms with E-state index in [2.05, 4.69) is 58.7 Å². The van der Waals surface area contributed by atoms with Crippen LogP contribution in [0.25, 0.3) is 0 Å². The molecule has 3 aromatic rings. The Hall–Kier alpha value is -3.64. The molecular weight excluding hydrogens is 436 g/mol. The molecule has 0 saturated carbocycles. The lowest BCUT2D eigenvalue weighted by Gasteiger charge is -2.40. The largest absolute Gasteiger partial charge is 0.340 e. The first-order valence-electron chi connectivity index (χ1n) is 12.3. The second kappa shape index (κ2) is 12.2. The molecule has 3 amide bonds. The van der Waals surface area contributed by atoms with Crippen LogP contribution in [-0.2, 0) is 11.3 Å². The van der Waals surface area contributed by atoms with E-state index in [9.17, 15) is 9.59 Å². The normalized spacial score (nSPS) is 14.1. The van der Waals surface area contributed by atoms with Crippen molar-refractivity contribution >= 4 is 11.9 Å². The highest BCUT2D eigenvalue weighted by Gasteiger charge is 2.28. The standard InChI is InChI=1S/C29H34N4O2/c1-31(23-24-11-5-2-6-12-24)29(35)30-18-17-27(34)32-19-21-33(22-20-32)28(25-13-7-3-8-14-25)26-15-9-4-10-16-26/h2-16,28H,17-23H2,1H3,(H,30,35). The first-order valence-corrected chi connectivity index (χ1v) is 12.3. The third kappa shape index (κ3) is 6.70. The lowest BCUT2D eigenvalue weighted by molar-refractivity contribution is -0.133. The molecule has 0 atom stereocenters. The summed E-state index contributed by atoms with van der Waals surface area (Å²) < 4.78 is 0. The number of hydrogen-bond acceptors (Lipinski definition) is 3. The summed E-state index contributed by atoms with van der Waals surface area (Å²) in [5.41, 5.74) is 3.60. The summed E-state index contributed by atoms with van der Waals surface area (Å²) in [5, 5.41) is 2.87. The van der Waals surface area contributed by atoms with Crippen molar-refractivity contribution in [3.8, 4) is 0 Å². The predicted octanol–water partition coefficient (Wildman–Crippen LogP) is 4.15. The van der Waals surface area contributed by atoms with E-state index < -0.39 is 0 Å². The summed E-state index contributed by atoms with van der Waals surface area (Å²) in [6.45, 7) is 3.88. The number of nitrogens with zero attached hydrogens (tertiary/aromatic N) is 3. The van der Waals surface area contributed by atoms with E-state index in [4.69, 9.17) is 0 Å². The summed E-state index contributed by atoms with van der Waals surface area (Å²) in [6.07, 6.45) is 0.311. The Labute approximate surface area is 208 Å². The zero-order valence-electron chi connectivity index (χ0n) is 20.3. The van der Waals surface area contributed by atoms with Gasteiger partial charge in [0.1, 0.15) is 0 Å². The van der Waals surface area contributed by atoms with Crippen molar-refractivity contribution in [1.29, 1.82) is 0 Å². The molecule has 0 bridgehead atoms. The van der Waals surface area contributed by atoms with E-state index in [1.54, 1.807) is 11.9 Å². The highest BCUT2D eigenvalue weighted by atomic mass is 16.2. The molecule has 0 spiro atoms. The monoisotopic (exact) mass is 470 g/mol. The number of carbonyl (C=O) groups excluding carboxylic acids is 2. The molecule has 1 aliphatic heterocycles. The minimum Gasteiger partial charge on any atom is -0.340 e. The van der Waals surface area contributed by atoms with Crippen LogP contribution in [0, 0.1) is 0 Å². The Kier molecular flexibility index (Phi) is 8.52. The van der Waals surface area contributed by atoms with E-state index in [-0.39, 0.29) is 18.0 Å². The van der Waals surface area contributed by atoms with Crippen molar-refractivity contribution in [2.24, 2.45) is 0 Å². The molecule has 6 heteroatoms. The van der Waals surface area contributed by atoms with E-state index in [0.29, 0.717) is 32.6 Å². The molecule has 6 nitrogen and oxygen atoms in total. The molecule has 4 rings (SSSR count). The van der Waals surface area contributed by atoms with Gasteiger partial charge in [-0.15, -0.1) is 0 Å². The summed E-state index contributed by atoms with van der Waals surface area (Å²) >= 11 is 0. The Morgan fingerprint density at radius 3 is 1.86 bits per heavy atom. The van der Waals surface area contributed by atoms with Crippen molar-refractivity contribution in [1.82, 2.24) is 20.0 Å². The average Bonchev–Trinajstić information content (AvgIpc) is 2.91. The van der Waals surface area contributed by atoms with Gasteiger partial charge < -0.3 is 15.1 Å². The van der Waals surface area contributed by atoms with Gasteiger partial charge in [-0.05, 0) is 16.7 Å². The van der Waals surface area contributed by atoms with Gasteiger partial charge >= 0.3 is 6.03 Å². The smallest absolute Gasteiger partial charge is 0.317 e. The van der Waals surface area contributed by atoms with Gasteiger partial charge in [-0.2, -0.15) is 0 Å². The first-order chi connectivity index (χ1) is 17.1. The Morgan fingerprint density at radius 1 is 0.800 bits per heavy atom. The molecule has 1 fully saturated rings. The summed E-state index contributed by atoms with van der Waals surface area (Å²) in [4.78, 5) is 31.2. The van der Waals surface area contributed by atoms with Crippen molar-refractivity contribution in [3.05, 3.63) is 108 Å². The van der Waals surface area contributed by atoms with Crippen molar-refractivity contribution in [2.45, 2.75) is 19.0 Å². The fraction of sp³-hybridized carbons (Fsp3) is 0.310. The number of rotatable bonds is 8. The fourth-order valence-corrected chi connectivity index (χ4v) is 4.61. The first kappa shape index (κ1) is 24.5. The summed E-state index contributed by atoms with van der Waals surface area (Å²) in [7, 11) is 1.76. The third-order valence-corrected chi connectivity index (χ3v) is 6.49. The number of urea groups is 1. The van der Waals surface area contributed by atoms with E-state index in [0.717, 1.165) is 18.7 Å². The molecule has 1 heterocycles. The Bertz CT molecular complexity index is 1030. The minimum atomic E-state index is -0.167. The van der Waals surface area contributed by atoms with Gasteiger partial charge in [-0.25, -0.2) is 4.79 Å². The van der Waals surface area contributed by atoms with Crippen LogP contribution in [0.4, 0.5) is 4.79 Å². The van der Waals surface area contributed by atoms with E-state index in [1.807, 2.05) is 47.4 Å². The van der Waals surface area contributed by atoms with Gasteiger partial charge in [0.25, 0.3) is 0 Å². The number of piperazine rings is 1. The van der Waals surface area contributed by atoms with E-state index >= 15 is 0 Å². The maximum Gasteiger partial charge on any atom is 0.317 e. The highest BCUT2D eigenvalue weighted by molar-refractivity contribution is 5.78. The second-order valence-corrected chi connectivity index (χ2v) is 8.96. The molecule has 0 aromatic heterocycles. The van der Waals surface area contributed by atoms with Crippen LogP contribution in [0.2, 0.25) is 0 Å². The molecular formula is C29H34N4O2. The lowest BCUT2D eigenvalue weighted by Crippen LogP contribution is -2.50. The zero-order chi connectivity index (χ0) is 24.5. The van der Waals surface area contributed by atoms with Gasteiger partial charge in [0.15, 0.2) is 0 Å². The van der Waals surface area contributed by atoms with Gasteiger partial charge in [0.2, 0.25) is 5.91 Å². The van der Waals surface area contributed by atoms with Crippen molar-refractivity contribution in [2.75, 3.05) is 39.8 Å². The van der Waals surface area contributed by atoms with Crippen LogP contribution in [0.15, 0.2) is 91.0 Å². The van der Waals surface area contributed by atoms with Crippen LogP contribution >= 0.6 is 0 Å². The van der Waals surface area contributed by atoms with Crippen LogP contribution in [0.1, 0.15) is 29.2 Å². The number of hydrogen-bond donors (Lipinski definition) is 1. The van der Waals surface area contributed by atoms with Crippen LogP contribution in [0.5, 0.6) is 0 Å². The SMILES string of the molecule is CN(Cc1ccccc1)C(=O)NCCC(=O)N1CCN(C(c2ccccc2)c2ccccc2)CC1. The third-order valence-electron chi connectivity index (χ3n) is 6.49. The molecule has 35 heavy (non-hydrogen) atoms. The molecule has 1 aliphatic rings. The number of carbonyl (C=O) groups is 2. The van der Waals surface area contributed by atoms with Crippen molar-refractivity contribution in [3.63, 3.8) is 0 Å². The molecule has 1 N–H and O–H groups in total. The van der Waals surface area contributed by atoms with Crippen molar-refractivity contribution < 1.29 is 9.59 Å². The highest BCUT2D eigenvalue weighted by Crippen LogP contribution is 2.29. The Morgan fingerprint density at radius 2 is 1.31 bits per heavy atom. The zero-order valence-corrected chi connectivity index (χ0v) is 20.3. The lowest BCUT2D eigenvalue weighted by atomic mass is 9.96. The number of benzene rings is 3.